The van der Waals surface area contributed by atoms with Crippen molar-refractivity contribution >= 4 is 35.7 Å². The van der Waals surface area contributed by atoms with Crippen LogP contribution in [0.5, 0.6) is 0 Å². The first-order valence-electron chi connectivity index (χ1n) is 3.86. The Labute approximate surface area is 91.4 Å². The van der Waals surface area contributed by atoms with Crippen LogP contribution in [0.3, 0.4) is 0 Å². The molecule has 0 bridgehead atoms. The van der Waals surface area contributed by atoms with Gasteiger partial charge in [0.15, 0.2) is 0 Å². The van der Waals surface area contributed by atoms with Crippen LogP contribution in [-0.2, 0) is 0 Å². The van der Waals surface area contributed by atoms with Crippen LogP contribution < -0.4 is 0 Å². The van der Waals surface area contributed by atoms with E-state index in [4.69, 9.17) is 0 Å². The van der Waals surface area contributed by atoms with Crippen molar-refractivity contribution in [3.05, 3.63) is 42.5 Å². The van der Waals surface area contributed by atoms with Gasteiger partial charge in [0.2, 0.25) is 0 Å². The predicted molar refractivity (Wildman–Crippen MR) is 62.1 cm³/mol. The molecule has 0 aliphatic carbocycles. The molecule has 0 atom stereocenters. The highest BCUT2D eigenvalue weighted by molar-refractivity contribution is 8.01. The SMILES string of the molecule is Sc1ccc(Sc2ccccc2)s1. The Morgan fingerprint density at radius 2 is 1.77 bits per heavy atom. The Bertz CT molecular complexity index is 378. The van der Waals surface area contributed by atoms with E-state index in [9.17, 15) is 0 Å². The molecule has 0 aliphatic heterocycles. The van der Waals surface area contributed by atoms with Crippen LogP contribution in [0.1, 0.15) is 0 Å². The van der Waals surface area contributed by atoms with E-state index in [1.807, 2.05) is 12.1 Å². The first kappa shape index (κ1) is 9.19. The second-order valence-corrected chi connectivity index (χ2v) is 5.75. The van der Waals surface area contributed by atoms with Gasteiger partial charge in [0.25, 0.3) is 0 Å². The second-order valence-electron chi connectivity index (χ2n) is 2.51. The number of thiophene rings is 1. The zero-order chi connectivity index (χ0) is 9.10. The number of hydrogen-bond donors (Lipinski definition) is 1. The van der Waals surface area contributed by atoms with Crippen molar-refractivity contribution in [1.82, 2.24) is 0 Å². The van der Waals surface area contributed by atoms with Gasteiger partial charge in [-0.15, -0.1) is 24.0 Å². The second kappa shape index (κ2) is 4.22. The van der Waals surface area contributed by atoms with Gasteiger partial charge in [0, 0.05) is 4.90 Å². The van der Waals surface area contributed by atoms with Gasteiger partial charge in [-0.25, -0.2) is 0 Å². The Kier molecular flexibility index (Phi) is 2.98. The minimum atomic E-state index is 1.07. The zero-order valence-electron chi connectivity index (χ0n) is 6.81. The minimum absolute atomic E-state index is 1.07. The fourth-order valence-corrected chi connectivity index (χ4v) is 3.39. The maximum Gasteiger partial charge on any atom is 0.0658 e. The molecule has 0 nitrogen and oxygen atoms in total. The average Bonchev–Trinajstić information content (AvgIpc) is 2.53. The van der Waals surface area contributed by atoms with Crippen molar-refractivity contribution in [3.63, 3.8) is 0 Å². The van der Waals surface area contributed by atoms with E-state index < -0.39 is 0 Å². The van der Waals surface area contributed by atoms with E-state index in [1.54, 1.807) is 23.1 Å². The number of rotatable bonds is 2. The molecule has 2 rings (SSSR count). The van der Waals surface area contributed by atoms with Gasteiger partial charge in [-0.3, -0.25) is 0 Å². The number of thiol groups is 1. The molecule has 0 amide bonds. The zero-order valence-corrected chi connectivity index (χ0v) is 9.33. The highest BCUT2D eigenvalue weighted by Gasteiger charge is 1.98. The largest absolute Gasteiger partial charge is 0.133 e. The van der Waals surface area contributed by atoms with Gasteiger partial charge in [-0.1, -0.05) is 30.0 Å². The molecule has 0 radical (unpaired) electrons. The van der Waals surface area contributed by atoms with Crippen molar-refractivity contribution in [3.8, 4) is 0 Å². The molecule has 2 aromatic rings. The monoisotopic (exact) mass is 224 g/mol. The smallest absolute Gasteiger partial charge is 0.0658 e. The molecule has 1 heterocycles. The Morgan fingerprint density at radius 1 is 1.00 bits per heavy atom. The van der Waals surface area contributed by atoms with Crippen LogP contribution in [0.15, 0.2) is 55.8 Å². The van der Waals surface area contributed by atoms with Gasteiger partial charge >= 0.3 is 0 Å². The van der Waals surface area contributed by atoms with Gasteiger partial charge < -0.3 is 0 Å². The molecule has 0 saturated heterocycles. The molecule has 13 heavy (non-hydrogen) atoms. The highest BCUT2D eigenvalue weighted by atomic mass is 32.2. The summed E-state index contributed by atoms with van der Waals surface area (Å²) in [7, 11) is 0. The standard InChI is InChI=1S/C10H8S3/c11-9-6-7-10(13-9)12-8-4-2-1-3-5-8/h1-7,11H. The van der Waals surface area contributed by atoms with Crippen LogP contribution in [0, 0.1) is 0 Å². The normalized spacial score (nSPS) is 10.2. The molecule has 0 N–H and O–H groups in total. The molecule has 0 spiro atoms. The summed E-state index contributed by atoms with van der Waals surface area (Å²) in [6.45, 7) is 0. The van der Waals surface area contributed by atoms with Gasteiger partial charge in [-0.2, -0.15) is 0 Å². The van der Waals surface area contributed by atoms with Crippen LogP contribution in [0.2, 0.25) is 0 Å². The van der Waals surface area contributed by atoms with Gasteiger partial charge in [-0.05, 0) is 24.3 Å². The van der Waals surface area contributed by atoms with E-state index in [0.717, 1.165) is 4.21 Å². The summed E-state index contributed by atoms with van der Waals surface area (Å²) in [5.74, 6) is 0. The topological polar surface area (TPSA) is 0 Å². The molecular weight excluding hydrogens is 216 g/mol. The molecule has 0 aliphatic rings. The first-order chi connectivity index (χ1) is 6.34. The van der Waals surface area contributed by atoms with E-state index in [-0.39, 0.29) is 0 Å². The molecule has 1 aromatic heterocycles. The maximum atomic E-state index is 4.28. The fraction of sp³-hybridized carbons (Fsp3) is 0. The Balaban J connectivity index is 2.15. The van der Waals surface area contributed by atoms with Crippen molar-refractivity contribution in [2.45, 2.75) is 13.3 Å². The van der Waals surface area contributed by atoms with Gasteiger partial charge in [0.1, 0.15) is 0 Å². The van der Waals surface area contributed by atoms with Crippen molar-refractivity contribution in [2.75, 3.05) is 0 Å². The molecule has 0 saturated carbocycles. The summed E-state index contributed by atoms with van der Waals surface area (Å²) in [5.41, 5.74) is 0. The molecule has 0 unspecified atom stereocenters. The summed E-state index contributed by atoms with van der Waals surface area (Å²) in [6, 6.07) is 14.5. The minimum Gasteiger partial charge on any atom is -0.133 e. The highest BCUT2D eigenvalue weighted by Crippen LogP contribution is 2.34. The molecular formula is C10H8S3. The fourth-order valence-electron chi connectivity index (χ4n) is 0.970. The third-order valence-electron chi connectivity index (χ3n) is 1.53. The summed E-state index contributed by atoms with van der Waals surface area (Å²) in [4.78, 5) is 1.28. The van der Waals surface area contributed by atoms with E-state index >= 15 is 0 Å². The summed E-state index contributed by atoms with van der Waals surface area (Å²) < 4.78 is 2.36. The molecule has 66 valence electrons. The van der Waals surface area contributed by atoms with Crippen LogP contribution in [0.4, 0.5) is 0 Å². The molecule has 3 heteroatoms. The number of hydrogen-bond acceptors (Lipinski definition) is 3. The number of benzene rings is 1. The lowest BCUT2D eigenvalue weighted by atomic mass is 10.4. The van der Waals surface area contributed by atoms with Crippen molar-refractivity contribution in [1.29, 1.82) is 0 Å². The van der Waals surface area contributed by atoms with Crippen LogP contribution in [-0.4, -0.2) is 0 Å². The van der Waals surface area contributed by atoms with Crippen LogP contribution in [0.25, 0.3) is 0 Å². The van der Waals surface area contributed by atoms with Crippen LogP contribution >= 0.6 is 35.7 Å². The molecule has 1 aromatic carbocycles. The maximum absolute atomic E-state index is 4.28. The first-order valence-corrected chi connectivity index (χ1v) is 5.94. The summed E-state index contributed by atoms with van der Waals surface area (Å²) >= 11 is 7.76. The van der Waals surface area contributed by atoms with Gasteiger partial charge in [0.05, 0.1) is 8.42 Å². The quantitative estimate of drug-likeness (QED) is 0.746. The lowest BCUT2D eigenvalue weighted by Gasteiger charge is -1.95. The Hall–Kier alpha value is -0.380. The average molecular weight is 224 g/mol. The van der Waals surface area contributed by atoms with Crippen molar-refractivity contribution in [2.24, 2.45) is 0 Å². The lowest BCUT2D eigenvalue weighted by Crippen LogP contribution is -1.65. The summed E-state index contributed by atoms with van der Waals surface area (Å²) in [5, 5.41) is 0. The third kappa shape index (κ3) is 2.53. The van der Waals surface area contributed by atoms with E-state index in [2.05, 4.69) is 43.0 Å². The molecule has 0 fully saturated rings. The lowest BCUT2D eigenvalue weighted by molar-refractivity contribution is 1.46. The predicted octanol–water partition coefficient (Wildman–Crippen LogP) is 4.19. The summed E-state index contributed by atoms with van der Waals surface area (Å²) in [6.07, 6.45) is 0. The van der Waals surface area contributed by atoms with E-state index in [1.165, 1.54) is 9.10 Å². The Morgan fingerprint density at radius 3 is 2.38 bits per heavy atom. The van der Waals surface area contributed by atoms with E-state index in [0.29, 0.717) is 0 Å². The van der Waals surface area contributed by atoms with Crippen molar-refractivity contribution < 1.29 is 0 Å². The third-order valence-corrected chi connectivity index (χ3v) is 3.98.